The lowest BCUT2D eigenvalue weighted by atomic mass is 9.44. The van der Waals surface area contributed by atoms with Crippen molar-refractivity contribution in [3.8, 4) is 0 Å². The van der Waals surface area contributed by atoms with Crippen molar-refractivity contribution in [2.45, 2.75) is 87.6 Å². The van der Waals surface area contributed by atoms with Crippen LogP contribution in [0.1, 0.15) is 58.8 Å². The maximum Gasteiger partial charge on any atom is 0.319 e. The molecule has 0 aromatic heterocycles. The molecule has 6 rings (SSSR count). The second-order valence-corrected chi connectivity index (χ2v) is 14.1. The van der Waals surface area contributed by atoms with Gasteiger partial charge in [0, 0.05) is 36.4 Å². The summed E-state index contributed by atoms with van der Waals surface area (Å²) in [5.74, 6) is -3.59. The van der Waals surface area contributed by atoms with Gasteiger partial charge in [0.05, 0.1) is 18.6 Å². The molecule has 9 atom stereocenters. The van der Waals surface area contributed by atoms with Crippen LogP contribution in [0.3, 0.4) is 0 Å². The predicted octanol–water partition coefficient (Wildman–Crippen LogP) is 3.59. The van der Waals surface area contributed by atoms with Gasteiger partial charge in [-0.25, -0.2) is 8.78 Å². The third kappa shape index (κ3) is 4.04. The highest BCUT2D eigenvalue weighted by molar-refractivity contribution is 8.14. The van der Waals surface area contributed by atoms with E-state index in [9.17, 15) is 24.3 Å². The van der Waals surface area contributed by atoms with Gasteiger partial charge < -0.3 is 19.3 Å². The molecule has 3 saturated carbocycles. The van der Waals surface area contributed by atoms with Gasteiger partial charge in [0.2, 0.25) is 5.12 Å². The molecule has 6 aliphatic rings. The fourth-order valence-electron chi connectivity index (χ4n) is 8.73. The molecule has 0 amide bonds. The summed E-state index contributed by atoms with van der Waals surface area (Å²) < 4.78 is 50.0. The van der Waals surface area contributed by atoms with E-state index in [1.54, 1.807) is 6.92 Å². The van der Waals surface area contributed by atoms with Crippen LogP contribution in [0.5, 0.6) is 0 Å². The SMILES string of the molecule is C[C@]12C=CC(=O)C=C1[C@@H](F)CC1C3CC[C@](OC(=O)C4CCOCC4)(C(=O)S[C@H]4CCOC4=O)[C@@]3(C)C[C@H](O)[C@@]12F. The minimum atomic E-state index is -2.31. The average molecular weight is 595 g/mol. The molecule has 1 N–H and O–H groups in total. The van der Waals surface area contributed by atoms with Gasteiger partial charge in [0.25, 0.3) is 0 Å². The second-order valence-electron chi connectivity index (χ2n) is 12.9. The zero-order chi connectivity index (χ0) is 29.4. The summed E-state index contributed by atoms with van der Waals surface area (Å²) in [4.78, 5) is 52.2. The Morgan fingerprint density at radius 1 is 1.10 bits per heavy atom. The number of carbonyl (C=O) groups is 4. The van der Waals surface area contributed by atoms with E-state index < -0.39 is 80.2 Å². The molecule has 2 unspecified atom stereocenters. The smallest absolute Gasteiger partial charge is 0.319 e. The number of ketones is 1. The topological polar surface area (TPSA) is 116 Å². The van der Waals surface area contributed by atoms with Crippen molar-refractivity contribution in [2.75, 3.05) is 19.8 Å². The predicted molar refractivity (Wildman–Crippen MR) is 143 cm³/mol. The number of cyclic esters (lactones) is 1. The molecular weight excluding hydrogens is 558 g/mol. The normalized spacial score (nSPS) is 45.8. The van der Waals surface area contributed by atoms with E-state index in [4.69, 9.17) is 14.2 Å². The summed E-state index contributed by atoms with van der Waals surface area (Å²) in [5, 5.41) is 10.4. The number of aliphatic hydroxyl groups excluding tert-OH is 1. The van der Waals surface area contributed by atoms with Gasteiger partial charge in [-0.2, -0.15) is 0 Å². The molecule has 5 fully saturated rings. The van der Waals surface area contributed by atoms with E-state index in [0.717, 1.165) is 17.8 Å². The van der Waals surface area contributed by atoms with Crippen LogP contribution in [-0.4, -0.2) is 76.6 Å². The fourth-order valence-corrected chi connectivity index (χ4v) is 9.94. The average Bonchev–Trinajstić information content (AvgIpc) is 3.47. The Morgan fingerprint density at radius 3 is 2.51 bits per heavy atom. The van der Waals surface area contributed by atoms with Gasteiger partial charge in [-0.1, -0.05) is 24.8 Å². The summed E-state index contributed by atoms with van der Waals surface area (Å²) in [5.41, 5.74) is -6.82. The summed E-state index contributed by atoms with van der Waals surface area (Å²) in [7, 11) is 0. The van der Waals surface area contributed by atoms with Crippen LogP contribution in [-0.2, 0) is 33.4 Å². The first-order chi connectivity index (χ1) is 19.4. The first-order valence-corrected chi connectivity index (χ1v) is 15.4. The number of hydrogen-bond acceptors (Lipinski definition) is 9. The number of alkyl halides is 2. The number of halogens is 2. The molecule has 2 saturated heterocycles. The standard InChI is InChI=1S/C30H36F2O8S/c1-27-8-3-17(33)13-20(27)21(31)14-19-18-4-9-29(26(37)41-22-7-12-39-25(22)36,28(18,2)15-23(34)30(19,27)32)40-24(35)16-5-10-38-11-6-16/h3,8,13,16,18-19,21-23,34H,4-7,9-12,14-15H2,1-2H3/t18?,19?,21-,22-,23-,27-,28-,29-,30-/m0/s1. The number of allylic oxidation sites excluding steroid dienone is 4. The zero-order valence-corrected chi connectivity index (χ0v) is 24.1. The Bertz CT molecular complexity index is 1230. The maximum atomic E-state index is 17.5. The quantitative estimate of drug-likeness (QED) is 0.488. The Balaban J connectivity index is 1.40. The van der Waals surface area contributed by atoms with Crippen LogP contribution in [0.4, 0.5) is 8.78 Å². The highest BCUT2D eigenvalue weighted by Gasteiger charge is 2.76. The minimum Gasteiger partial charge on any atom is -0.465 e. The molecule has 0 radical (unpaired) electrons. The molecule has 4 aliphatic carbocycles. The lowest BCUT2D eigenvalue weighted by Gasteiger charge is -2.63. The van der Waals surface area contributed by atoms with Gasteiger partial charge in [0.1, 0.15) is 11.4 Å². The summed E-state index contributed by atoms with van der Waals surface area (Å²) in [6, 6.07) is 0. The number of ether oxygens (including phenoxy) is 3. The van der Waals surface area contributed by atoms with Crippen LogP contribution < -0.4 is 0 Å². The number of thioether (sulfide) groups is 1. The Hall–Kier alpha value is -2.11. The van der Waals surface area contributed by atoms with Crippen molar-refractivity contribution >= 4 is 34.6 Å². The largest absolute Gasteiger partial charge is 0.465 e. The lowest BCUT2D eigenvalue weighted by Crippen LogP contribution is -2.70. The number of carbonyl (C=O) groups excluding carboxylic acids is 4. The van der Waals surface area contributed by atoms with Crippen molar-refractivity contribution in [2.24, 2.45) is 28.6 Å². The Labute approximate surface area is 241 Å². The second kappa shape index (κ2) is 9.98. The molecule has 0 aromatic carbocycles. The zero-order valence-electron chi connectivity index (χ0n) is 23.2. The number of fused-ring (bicyclic) bond motifs is 5. The van der Waals surface area contributed by atoms with Crippen molar-refractivity contribution in [3.63, 3.8) is 0 Å². The highest BCUT2D eigenvalue weighted by Crippen LogP contribution is 2.71. The molecule has 11 heteroatoms. The molecule has 224 valence electrons. The van der Waals surface area contributed by atoms with Crippen LogP contribution in [0.2, 0.25) is 0 Å². The molecule has 2 heterocycles. The van der Waals surface area contributed by atoms with Crippen LogP contribution in [0, 0.1) is 28.6 Å². The third-order valence-corrected chi connectivity index (χ3v) is 12.3. The van der Waals surface area contributed by atoms with Gasteiger partial charge in [-0.15, -0.1) is 0 Å². The number of rotatable bonds is 4. The highest BCUT2D eigenvalue weighted by atomic mass is 32.2. The van der Waals surface area contributed by atoms with E-state index in [1.807, 2.05) is 0 Å². The van der Waals surface area contributed by atoms with Crippen LogP contribution in [0.15, 0.2) is 23.8 Å². The molecule has 0 bridgehead atoms. The summed E-state index contributed by atoms with van der Waals surface area (Å²) >= 11 is 0.780. The van der Waals surface area contributed by atoms with E-state index in [1.165, 1.54) is 19.1 Å². The minimum absolute atomic E-state index is 0.0213. The van der Waals surface area contributed by atoms with Gasteiger partial charge in [-0.3, -0.25) is 19.2 Å². The third-order valence-electron chi connectivity index (χ3n) is 11.0. The Morgan fingerprint density at radius 2 is 1.83 bits per heavy atom. The molecule has 0 spiro atoms. The van der Waals surface area contributed by atoms with E-state index in [0.29, 0.717) is 32.5 Å². The summed E-state index contributed by atoms with van der Waals surface area (Å²) in [6.07, 6.45) is 1.54. The lowest BCUT2D eigenvalue weighted by molar-refractivity contribution is -0.228. The first-order valence-electron chi connectivity index (χ1n) is 14.5. The van der Waals surface area contributed by atoms with E-state index in [-0.39, 0.29) is 37.9 Å². The fraction of sp³-hybridized carbons (Fsp3) is 0.733. The maximum absolute atomic E-state index is 17.5. The van der Waals surface area contributed by atoms with E-state index >= 15 is 8.78 Å². The van der Waals surface area contributed by atoms with Gasteiger partial charge in [0.15, 0.2) is 17.1 Å². The molecule has 2 aliphatic heterocycles. The van der Waals surface area contributed by atoms with Crippen molar-refractivity contribution in [1.29, 1.82) is 0 Å². The first kappa shape index (κ1) is 29.0. The number of hydrogen-bond donors (Lipinski definition) is 1. The van der Waals surface area contributed by atoms with Crippen molar-refractivity contribution in [1.82, 2.24) is 0 Å². The Kier molecular flexibility index (Phi) is 7.05. The van der Waals surface area contributed by atoms with E-state index in [2.05, 4.69) is 0 Å². The van der Waals surface area contributed by atoms with Crippen LogP contribution >= 0.6 is 11.8 Å². The van der Waals surface area contributed by atoms with Gasteiger partial charge >= 0.3 is 11.9 Å². The van der Waals surface area contributed by atoms with Gasteiger partial charge in [-0.05, 0) is 69.1 Å². The molecular formula is C30H36F2O8S. The molecule has 0 aromatic rings. The number of esters is 2. The number of aliphatic hydroxyl groups is 1. The summed E-state index contributed by atoms with van der Waals surface area (Å²) in [6.45, 7) is 4.21. The monoisotopic (exact) mass is 594 g/mol. The van der Waals surface area contributed by atoms with Crippen molar-refractivity contribution in [3.05, 3.63) is 23.8 Å². The van der Waals surface area contributed by atoms with Crippen LogP contribution in [0.25, 0.3) is 0 Å². The van der Waals surface area contributed by atoms with Crippen molar-refractivity contribution < 1.29 is 47.3 Å². The molecule has 8 nitrogen and oxygen atoms in total. The molecule has 41 heavy (non-hydrogen) atoms.